The largest absolute Gasteiger partial charge is 0.465 e. The van der Waals surface area contributed by atoms with Crippen molar-refractivity contribution in [1.82, 2.24) is 4.90 Å². The van der Waals surface area contributed by atoms with Crippen molar-refractivity contribution in [3.63, 3.8) is 0 Å². The molecule has 210 valence electrons. The second-order valence-corrected chi connectivity index (χ2v) is 11.5. The summed E-state index contributed by atoms with van der Waals surface area (Å²) in [6.07, 6.45) is 9.29. The van der Waals surface area contributed by atoms with Gasteiger partial charge in [-0.25, -0.2) is 0 Å². The molecule has 4 aliphatic heterocycles. The van der Waals surface area contributed by atoms with Crippen LogP contribution in [0.3, 0.4) is 0 Å². The molecule has 8 nitrogen and oxygen atoms in total. The van der Waals surface area contributed by atoms with E-state index in [1.165, 1.54) is 0 Å². The number of nitrogens with zero attached hydrogens (tertiary/aromatic N) is 2. The number of carbonyl (C=O) groups excluding carboxylic acids is 3. The Morgan fingerprint density at radius 3 is 2.54 bits per heavy atom. The number of aliphatic hydroxyl groups is 1. The number of fused-ring (bicyclic) bond motifs is 2. The molecule has 4 aliphatic rings. The third-order valence-electron chi connectivity index (χ3n) is 9.34. The molecule has 2 fully saturated rings. The smallest absolute Gasteiger partial charge is 0.313 e. The maximum absolute atomic E-state index is 14.7. The van der Waals surface area contributed by atoms with E-state index in [0.29, 0.717) is 25.8 Å². The highest BCUT2D eigenvalue weighted by molar-refractivity contribution is 6.06. The number of cyclic esters (lactones) is 1. The zero-order valence-electron chi connectivity index (χ0n) is 23.6. The molecular weight excluding hydrogens is 496 g/mol. The maximum Gasteiger partial charge on any atom is 0.313 e. The molecule has 2 saturated heterocycles. The fraction of sp³-hybridized carbons (Fsp3) is 0.581. The number of esters is 1. The van der Waals surface area contributed by atoms with Crippen LogP contribution in [0.25, 0.3) is 0 Å². The number of amides is 2. The fourth-order valence-corrected chi connectivity index (χ4v) is 7.07. The first-order valence-corrected chi connectivity index (χ1v) is 14.2. The highest BCUT2D eigenvalue weighted by Gasteiger charge is 2.76. The van der Waals surface area contributed by atoms with Gasteiger partial charge in [-0.15, -0.1) is 0 Å². The van der Waals surface area contributed by atoms with E-state index < -0.39 is 41.1 Å². The van der Waals surface area contributed by atoms with Crippen LogP contribution in [0.2, 0.25) is 0 Å². The molecule has 1 unspecified atom stereocenters. The number of hydrogen-bond donors (Lipinski definition) is 1. The lowest BCUT2D eigenvalue weighted by Gasteiger charge is -2.42. The predicted octanol–water partition coefficient (Wildman–Crippen LogP) is 3.48. The Hall–Kier alpha value is -2.97. The van der Waals surface area contributed by atoms with Gasteiger partial charge in [0, 0.05) is 12.2 Å². The maximum atomic E-state index is 14.7. The van der Waals surface area contributed by atoms with Gasteiger partial charge in [-0.2, -0.15) is 0 Å². The Morgan fingerprint density at radius 2 is 1.85 bits per heavy atom. The van der Waals surface area contributed by atoms with Gasteiger partial charge in [0.2, 0.25) is 5.91 Å². The normalized spacial score (nSPS) is 33.6. The summed E-state index contributed by atoms with van der Waals surface area (Å²) in [6.45, 7) is 10.1. The van der Waals surface area contributed by atoms with Crippen LogP contribution in [0.5, 0.6) is 0 Å². The molecule has 4 heterocycles. The monoisotopic (exact) mass is 536 g/mol. The van der Waals surface area contributed by atoms with Gasteiger partial charge < -0.3 is 24.4 Å². The molecule has 7 atom stereocenters. The van der Waals surface area contributed by atoms with Gasteiger partial charge in [0.1, 0.15) is 23.2 Å². The number of ether oxygens (including phenoxy) is 2. The van der Waals surface area contributed by atoms with Crippen molar-refractivity contribution < 1.29 is 29.0 Å². The first-order valence-electron chi connectivity index (χ1n) is 14.2. The molecule has 0 radical (unpaired) electrons. The van der Waals surface area contributed by atoms with Crippen molar-refractivity contribution >= 4 is 23.5 Å². The summed E-state index contributed by atoms with van der Waals surface area (Å²) in [7, 11) is 0. The van der Waals surface area contributed by atoms with Crippen LogP contribution in [0, 0.1) is 31.6 Å². The number of aryl methyl sites for hydroxylation is 2. The lowest BCUT2D eigenvalue weighted by atomic mass is 9.73. The van der Waals surface area contributed by atoms with Crippen molar-refractivity contribution in [1.29, 1.82) is 0 Å². The second-order valence-electron chi connectivity index (χ2n) is 11.5. The summed E-state index contributed by atoms with van der Waals surface area (Å²) in [5.41, 5.74) is 0.277. The molecule has 8 heteroatoms. The van der Waals surface area contributed by atoms with Gasteiger partial charge >= 0.3 is 5.97 Å². The number of likely N-dealkylation sites (tertiary alicyclic amines) is 1. The van der Waals surface area contributed by atoms with Crippen LogP contribution in [0.15, 0.2) is 42.5 Å². The molecule has 1 aromatic rings. The number of hydrogen-bond acceptors (Lipinski definition) is 6. The molecule has 0 aliphatic carbocycles. The minimum Gasteiger partial charge on any atom is -0.465 e. The van der Waals surface area contributed by atoms with Crippen molar-refractivity contribution in [2.24, 2.45) is 17.8 Å². The van der Waals surface area contributed by atoms with Crippen LogP contribution in [0.1, 0.15) is 51.2 Å². The van der Waals surface area contributed by atoms with Gasteiger partial charge in [-0.3, -0.25) is 14.4 Å². The summed E-state index contributed by atoms with van der Waals surface area (Å²) in [6, 6.07) is 4.32. The van der Waals surface area contributed by atoms with Crippen LogP contribution in [0.4, 0.5) is 5.69 Å². The molecule has 2 amide bonds. The number of benzene rings is 1. The molecule has 1 N–H and O–H groups in total. The van der Waals surface area contributed by atoms with E-state index in [9.17, 15) is 19.5 Å². The summed E-state index contributed by atoms with van der Waals surface area (Å²) >= 11 is 0. The molecule has 5 rings (SSSR count). The highest BCUT2D eigenvalue weighted by atomic mass is 16.6. The summed E-state index contributed by atoms with van der Waals surface area (Å²) in [5, 5.41) is 10.6. The van der Waals surface area contributed by atoms with Crippen molar-refractivity contribution in [2.75, 3.05) is 24.7 Å². The Kier molecular flexibility index (Phi) is 7.22. The van der Waals surface area contributed by atoms with E-state index in [4.69, 9.17) is 9.47 Å². The molecule has 1 spiro atoms. The molecule has 39 heavy (non-hydrogen) atoms. The quantitative estimate of drug-likeness (QED) is 0.442. The lowest BCUT2D eigenvalue weighted by molar-refractivity contribution is -0.162. The number of carbonyl (C=O) groups is 3. The Morgan fingerprint density at radius 1 is 1.08 bits per heavy atom. The molecule has 0 aromatic heterocycles. The minimum absolute atomic E-state index is 0.0795. The van der Waals surface area contributed by atoms with E-state index >= 15 is 0 Å². The standard InChI is InChI=1S/C31H40N2O6/c1-6-20(4)23(18-34)33-26-28(36)32(22-17-19(3)11-12-21(22)5)15-10-14-31(26)24(27(33)35)25-29(37)38-16-9-8-13-30(25,7-2)39-31/h8,10-14,17,20,23-26,34H,6-7,9,15-16,18H2,1-5H3/t20-,23-,24-,25+,26?,30-,31-/m0/s1. The van der Waals surface area contributed by atoms with E-state index in [1.54, 1.807) is 9.80 Å². The first kappa shape index (κ1) is 27.6. The molecule has 0 saturated carbocycles. The first-order chi connectivity index (χ1) is 18.7. The molecule has 1 aromatic carbocycles. The molecular formula is C31H40N2O6. The van der Waals surface area contributed by atoms with E-state index in [0.717, 1.165) is 16.8 Å². The van der Waals surface area contributed by atoms with Gasteiger partial charge in [0.05, 0.1) is 25.2 Å². The van der Waals surface area contributed by atoms with Gasteiger partial charge in [0.25, 0.3) is 5.91 Å². The van der Waals surface area contributed by atoms with Crippen LogP contribution in [-0.4, -0.2) is 70.8 Å². The zero-order chi connectivity index (χ0) is 28.1. The summed E-state index contributed by atoms with van der Waals surface area (Å²) in [5.74, 6) is -3.02. The second kappa shape index (κ2) is 10.2. The summed E-state index contributed by atoms with van der Waals surface area (Å²) in [4.78, 5) is 46.1. The fourth-order valence-electron chi connectivity index (χ4n) is 7.07. The average Bonchev–Trinajstić information content (AvgIpc) is 3.26. The van der Waals surface area contributed by atoms with Gasteiger partial charge in [-0.05, 0) is 49.8 Å². The number of anilines is 1. The zero-order valence-corrected chi connectivity index (χ0v) is 23.6. The van der Waals surface area contributed by atoms with Crippen molar-refractivity contribution in [3.05, 3.63) is 53.6 Å². The number of aliphatic hydroxyl groups excluding tert-OH is 1. The summed E-state index contributed by atoms with van der Waals surface area (Å²) < 4.78 is 12.6. The predicted molar refractivity (Wildman–Crippen MR) is 147 cm³/mol. The highest BCUT2D eigenvalue weighted by Crippen LogP contribution is 2.59. The van der Waals surface area contributed by atoms with Crippen LogP contribution in [-0.2, 0) is 23.9 Å². The van der Waals surface area contributed by atoms with E-state index in [1.807, 2.05) is 77.1 Å². The Bertz CT molecular complexity index is 1230. The van der Waals surface area contributed by atoms with E-state index in [2.05, 4.69) is 0 Å². The van der Waals surface area contributed by atoms with Gasteiger partial charge in [0.15, 0.2) is 0 Å². The SMILES string of the molecule is CC[C@H](C)[C@H](CO)N1C(=O)[C@@H]2[C@@H]3C(=O)OCCC=C[C@]3(CC)O[C@@]23C=CCN(c2cc(C)ccc2C)C(=O)C13. The lowest BCUT2D eigenvalue weighted by Crippen LogP contribution is -2.60. The third kappa shape index (κ3) is 4.06. The van der Waals surface area contributed by atoms with Crippen molar-refractivity contribution in [2.45, 2.75) is 77.2 Å². The third-order valence-corrected chi connectivity index (χ3v) is 9.34. The topological polar surface area (TPSA) is 96.4 Å². The Labute approximate surface area is 230 Å². The van der Waals surface area contributed by atoms with Crippen LogP contribution < -0.4 is 4.90 Å². The van der Waals surface area contributed by atoms with Crippen LogP contribution >= 0.6 is 0 Å². The number of rotatable bonds is 6. The van der Waals surface area contributed by atoms with Gasteiger partial charge in [-0.1, -0.05) is 63.6 Å². The average molecular weight is 537 g/mol. The van der Waals surface area contributed by atoms with Crippen molar-refractivity contribution in [3.8, 4) is 0 Å². The van der Waals surface area contributed by atoms with E-state index in [-0.39, 0.29) is 30.9 Å². The Balaban J connectivity index is 1.73. The molecule has 0 bridgehead atoms. The minimum atomic E-state index is -1.38.